The largest absolute Gasteiger partial charge is 0.719 e. The van der Waals surface area contributed by atoms with Crippen molar-refractivity contribution in [1.29, 1.82) is 0 Å². The van der Waals surface area contributed by atoms with Crippen LogP contribution in [0.5, 0.6) is 0 Å². The lowest BCUT2D eigenvalue weighted by Gasteiger charge is -2.35. The fourth-order valence-corrected chi connectivity index (χ4v) is 4.05. The third-order valence-electron chi connectivity index (χ3n) is 2.42. The molecule has 0 heterocycles. The highest BCUT2D eigenvalue weighted by atomic mass is 32.9. The van der Waals surface area contributed by atoms with Crippen LogP contribution in [-0.4, -0.2) is 6.61 Å². The highest BCUT2D eigenvalue weighted by Gasteiger charge is 2.15. The summed E-state index contributed by atoms with van der Waals surface area (Å²) in [6.07, 6.45) is 0. The molecule has 0 N–H and O–H groups in total. The van der Waals surface area contributed by atoms with E-state index in [0.29, 0.717) is 6.61 Å². The minimum absolute atomic E-state index is 0.156. The average Bonchev–Trinajstić information content (AvgIpc) is 2.17. The van der Waals surface area contributed by atoms with Crippen molar-refractivity contribution >= 4 is 29.5 Å². The zero-order chi connectivity index (χ0) is 11.5. The van der Waals surface area contributed by atoms with Gasteiger partial charge in [-0.2, -0.15) is 0 Å². The van der Waals surface area contributed by atoms with E-state index >= 15 is 0 Å². The first-order valence-electron chi connectivity index (χ1n) is 5.00. The Bertz CT molecular complexity index is 379. The first-order valence-corrected chi connectivity index (χ1v) is 8.80. The van der Waals surface area contributed by atoms with Crippen molar-refractivity contribution in [3.63, 3.8) is 0 Å². The second-order valence-corrected chi connectivity index (χ2v) is 9.55. The van der Waals surface area contributed by atoms with Crippen molar-refractivity contribution < 1.29 is 4.52 Å². The molecule has 84 valence electrons. The lowest BCUT2D eigenvalue weighted by atomic mass is 10.1. The average molecular weight is 259 g/mol. The van der Waals surface area contributed by atoms with Crippen LogP contribution in [0.4, 0.5) is 0 Å². The van der Waals surface area contributed by atoms with Crippen LogP contribution in [0.2, 0.25) is 0 Å². The van der Waals surface area contributed by atoms with Crippen molar-refractivity contribution in [3.8, 4) is 0 Å². The molecule has 0 radical (unpaired) electrons. The van der Waals surface area contributed by atoms with Crippen LogP contribution < -0.4 is 0 Å². The van der Waals surface area contributed by atoms with E-state index < -0.39 is 5.47 Å². The molecule has 1 aromatic rings. The molecule has 4 heteroatoms. The Balaban J connectivity index is 2.99. The summed E-state index contributed by atoms with van der Waals surface area (Å²) < 4.78 is 5.54. The highest BCUT2D eigenvalue weighted by molar-refractivity contribution is 8.53. The van der Waals surface area contributed by atoms with E-state index in [1.165, 1.54) is 11.1 Å². The topological polar surface area (TPSA) is 9.23 Å². The van der Waals surface area contributed by atoms with E-state index in [2.05, 4.69) is 26.0 Å². The predicted molar refractivity (Wildman–Crippen MR) is 72.9 cm³/mol. The summed E-state index contributed by atoms with van der Waals surface area (Å²) in [5.41, 5.74) is 0.506. The van der Waals surface area contributed by atoms with Crippen molar-refractivity contribution in [1.82, 2.24) is 0 Å². The third kappa shape index (κ3) is 3.32. The Morgan fingerprint density at radius 2 is 2.07 bits per heavy atom. The fraction of sp³-hybridized carbons (Fsp3) is 0.455. The number of aryl methyl sites for hydroxylation is 1. The lowest BCUT2D eigenvalue weighted by molar-refractivity contribution is 0.381. The fourth-order valence-electron chi connectivity index (χ4n) is 1.52. The Hall–Kier alpha value is 0.180. The third-order valence-corrected chi connectivity index (χ3v) is 6.80. The van der Waals surface area contributed by atoms with Crippen molar-refractivity contribution in [2.24, 2.45) is 0 Å². The maximum atomic E-state index is 5.54. The highest BCUT2D eigenvalue weighted by Crippen LogP contribution is 2.58. The molecule has 0 amide bonds. The van der Waals surface area contributed by atoms with E-state index in [0.717, 1.165) is 0 Å². The molecule has 0 bridgehead atoms. The van der Waals surface area contributed by atoms with Crippen molar-refractivity contribution in [2.45, 2.75) is 26.4 Å². The first kappa shape index (κ1) is 13.2. The van der Waals surface area contributed by atoms with Crippen molar-refractivity contribution in [3.05, 3.63) is 35.4 Å². The first-order chi connectivity index (χ1) is 6.99. The summed E-state index contributed by atoms with van der Waals surface area (Å²) in [7, 11) is 0. The summed E-state index contributed by atoms with van der Waals surface area (Å²) >= 11 is 10.8. The second kappa shape index (κ2) is 5.49. The van der Waals surface area contributed by atoms with Crippen LogP contribution >= 0.6 is 5.47 Å². The molecular weight excluding hydrogens is 243 g/mol. The maximum Gasteiger partial charge on any atom is 0.0465 e. The van der Waals surface area contributed by atoms with Gasteiger partial charge in [-0.1, -0.05) is 43.0 Å². The minimum Gasteiger partial charge on any atom is -0.719 e. The van der Waals surface area contributed by atoms with Gasteiger partial charge in [0.05, 0.1) is 0 Å². The molecule has 1 unspecified atom stereocenters. The summed E-state index contributed by atoms with van der Waals surface area (Å²) in [5.74, 6) is 0. The number of hydrogen-bond acceptors (Lipinski definition) is 3. The van der Waals surface area contributed by atoms with Gasteiger partial charge < -0.3 is 16.8 Å². The maximum absolute atomic E-state index is 5.54. The molecule has 2 atom stereocenters. The summed E-state index contributed by atoms with van der Waals surface area (Å²) in [4.78, 5) is 0. The zero-order valence-corrected chi connectivity index (χ0v) is 11.8. The van der Waals surface area contributed by atoms with Crippen LogP contribution in [0, 0.1) is 6.92 Å². The van der Waals surface area contributed by atoms with Gasteiger partial charge in [-0.05, 0) is 30.4 Å². The molecule has 1 aromatic carbocycles. The Morgan fingerprint density at radius 3 is 2.60 bits per heavy atom. The molecule has 0 aliphatic carbocycles. The van der Waals surface area contributed by atoms with E-state index in [1.54, 1.807) is 0 Å². The van der Waals surface area contributed by atoms with Crippen LogP contribution in [0.15, 0.2) is 24.3 Å². The van der Waals surface area contributed by atoms with Gasteiger partial charge in [0.15, 0.2) is 0 Å². The number of rotatable bonds is 4. The van der Waals surface area contributed by atoms with E-state index in [1.807, 2.05) is 19.1 Å². The van der Waals surface area contributed by atoms with Gasteiger partial charge >= 0.3 is 0 Å². The van der Waals surface area contributed by atoms with E-state index in [9.17, 15) is 0 Å². The van der Waals surface area contributed by atoms with Gasteiger partial charge in [0.1, 0.15) is 0 Å². The summed E-state index contributed by atoms with van der Waals surface area (Å²) in [6, 6.07) is 8.23. The lowest BCUT2D eigenvalue weighted by Crippen LogP contribution is -1.99. The van der Waals surface area contributed by atoms with E-state index in [4.69, 9.17) is 28.6 Å². The van der Waals surface area contributed by atoms with Gasteiger partial charge in [-0.3, -0.25) is 0 Å². The Kier molecular flexibility index (Phi) is 4.85. The molecule has 0 aliphatic heterocycles. The normalized spacial score (nSPS) is 17.1. The number of hydrogen-bond donors (Lipinski definition) is 0. The minimum atomic E-state index is -2.12. The van der Waals surface area contributed by atoms with Gasteiger partial charge in [-0.25, -0.2) is 0 Å². The van der Waals surface area contributed by atoms with Gasteiger partial charge in [0, 0.05) is 12.3 Å². The number of benzene rings is 1. The van der Waals surface area contributed by atoms with Crippen LogP contribution in [-0.2, 0) is 28.6 Å². The predicted octanol–water partition coefficient (Wildman–Crippen LogP) is 3.95. The van der Waals surface area contributed by atoms with Crippen molar-refractivity contribution in [2.75, 3.05) is 6.61 Å². The van der Waals surface area contributed by atoms with Gasteiger partial charge in [0.2, 0.25) is 0 Å². The monoisotopic (exact) mass is 259 g/mol. The SMILES string of the molecule is CCOP(=S)([S-])[C@@H](C)c1ccccc1C. The smallest absolute Gasteiger partial charge is 0.0465 e. The Morgan fingerprint density at radius 1 is 1.47 bits per heavy atom. The molecule has 0 saturated heterocycles. The quantitative estimate of drug-likeness (QED) is 0.598. The van der Waals surface area contributed by atoms with Gasteiger partial charge in [-0.15, -0.1) is 0 Å². The van der Waals surface area contributed by atoms with Crippen LogP contribution in [0.25, 0.3) is 0 Å². The standard InChI is InChI=1S/C11H17OPS2/c1-4-12-13(14,15)10(3)11-8-6-5-7-9(11)2/h5-8,10H,4H2,1-3H3,(H,14,15)/p-1/t10-/m0/s1. The van der Waals surface area contributed by atoms with E-state index in [-0.39, 0.29) is 5.66 Å². The molecule has 15 heavy (non-hydrogen) atoms. The zero-order valence-electron chi connectivity index (χ0n) is 9.27. The molecule has 1 rings (SSSR count). The molecule has 0 aromatic heterocycles. The Labute approximate surface area is 102 Å². The molecule has 1 nitrogen and oxygen atoms in total. The molecule has 0 aliphatic rings. The molecule has 0 fully saturated rings. The second-order valence-electron chi connectivity index (χ2n) is 3.49. The summed E-state index contributed by atoms with van der Waals surface area (Å²) in [5, 5.41) is 0. The van der Waals surface area contributed by atoms with Crippen LogP contribution in [0.1, 0.15) is 30.6 Å². The van der Waals surface area contributed by atoms with Crippen LogP contribution in [0.3, 0.4) is 0 Å². The van der Waals surface area contributed by atoms with Gasteiger partial charge in [0.25, 0.3) is 0 Å². The molecular formula is C11H16OPS2-. The summed E-state index contributed by atoms with van der Waals surface area (Å²) in [6.45, 7) is 6.71. The molecule has 0 saturated carbocycles. The molecule has 0 spiro atoms.